The van der Waals surface area contributed by atoms with E-state index in [4.69, 9.17) is 14.2 Å². The van der Waals surface area contributed by atoms with Crippen LogP contribution in [0.15, 0.2) is 36.7 Å². The normalized spacial score (nSPS) is 16.7. The maximum atomic E-state index is 5.90. The van der Waals surface area contributed by atoms with Gasteiger partial charge in [0.25, 0.3) is 5.88 Å². The van der Waals surface area contributed by atoms with Crippen molar-refractivity contribution in [2.24, 2.45) is 0 Å². The van der Waals surface area contributed by atoms with Crippen LogP contribution in [0.25, 0.3) is 0 Å². The van der Waals surface area contributed by atoms with E-state index in [-0.39, 0.29) is 0 Å². The van der Waals surface area contributed by atoms with Crippen molar-refractivity contribution in [1.29, 1.82) is 0 Å². The maximum absolute atomic E-state index is 5.90. The number of likely N-dealkylation sites (N-methyl/N-ethyl adjacent to an activating group) is 1. The van der Waals surface area contributed by atoms with Crippen LogP contribution in [0.3, 0.4) is 0 Å². The molecule has 0 radical (unpaired) electrons. The fourth-order valence-electron chi connectivity index (χ4n) is 3.09. The summed E-state index contributed by atoms with van der Waals surface area (Å²) in [6, 6.07) is 8.03. The molecule has 1 aliphatic heterocycles. The fourth-order valence-corrected chi connectivity index (χ4v) is 3.09. The van der Waals surface area contributed by atoms with Crippen molar-refractivity contribution in [2.45, 2.75) is 13.0 Å². The fraction of sp³-hybridized carbons (Fsp3) is 0.524. The van der Waals surface area contributed by atoms with E-state index < -0.39 is 0 Å². The third kappa shape index (κ3) is 6.20. The molecule has 1 atom stereocenters. The molecule has 3 rings (SSSR count). The van der Waals surface area contributed by atoms with Gasteiger partial charge in [0.15, 0.2) is 17.3 Å². The van der Waals surface area contributed by atoms with Gasteiger partial charge in [0.1, 0.15) is 19.8 Å². The number of rotatable bonds is 10. The zero-order valence-corrected chi connectivity index (χ0v) is 17.5. The zero-order chi connectivity index (χ0) is 20.5. The van der Waals surface area contributed by atoms with Gasteiger partial charge in [0.2, 0.25) is 0 Å². The summed E-state index contributed by atoms with van der Waals surface area (Å²) in [5.41, 5.74) is 0. The van der Waals surface area contributed by atoms with Crippen molar-refractivity contribution >= 4 is 5.82 Å². The Morgan fingerprint density at radius 3 is 2.45 bits per heavy atom. The molecule has 1 fully saturated rings. The molecular weight excluding hydrogens is 370 g/mol. The van der Waals surface area contributed by atoms with Gasteiger partial charge in [0, 0.05) is 44.6 Å². The molecule has 0 unspecified atom stereocenters. The molecule has 0 amide bonds. The summed E-state index contributed by atoms with van der Waals surface area (Å²) in [4.78, 5) is 13.2. The Morgan fingerprint density at radius 1 is 1.03 bits per heavy atom. The van der Waals surface area contributed by atoms with Crippen LogP contribution in [0, 0.1) is 0 Å². The third-order valence-electron chi connectivity index (χ3n) is 4.64. The first-order valence-electron chi connectivity index (χ1n) is 10.1. The van der Waals surface area contributed by atoms with E-state index in [1.54, 1.807) is 12.4 Å². The Morgan fingerprint density at radius 2 is 1.72 bits per heavy atom. The number of piperazine rings is 1. The van der Waals surface area contributed by atoms with E-state index in [1.807, 2.05) is 38.4 Å². The monoisotopic (exact) mass is 401 g/mol. The first kappa shape index (κ1) is 21.1. The topological polar surface area (TPSA) is 72.0 Å². The quantitative estimate of drug-likeness (QED) is 0.603. The molecular formula is C21H31N5O3. The number of benzene rings is 1. The number of nitrogens with zero attached hydrogens (tertiary/aromatic N) is 4. The molecule has 2 heterocycles. The number of hydrogen-bond donors (Lipinski definition) is 1. The van der Waals surface area contributed by atoms with Crippen molar-refractivity contribution in [3.05, 3.63) is 36.7 Å². The predicted molar refractivity (Wildman–Crippen MR) is 113 cm³/mol. The second-order valence-corrected chi connectivity index (χ2v) is 7.23. The van der Waals surface area contributed by atoms with E-state index in [0.29, 0.717) is 37.5 Å². The molecule has 1 aromatic heterocycles. The minimum atomic E-state index is 0.338. The summed E-state index contributed by atoms with van der Waals surface area (Å²) in [6.45, 7) is 7.11. The van der Waals surface area contributed by atoms with Crippen molar-refractivity contribution in [3.8, 4) is 17.4 Å². The van der Waals surface area contributed by atoms with Gasteiger partial charge in [-0.1, -0.05) is 12.1 Å². The number of anilines is 1. The Labute approximate surface area is 172 Å². The second kappa shape index (κ2) is 10.8. The largest absolute Gasteiger partial charge is 0.488 e. The van der Waals surface area contributed by atoms with Crippen LogP contribution in [-0.4, -0.2) is 81.0 Å². The lowest BCUT2D eigenvalue weighted by Gasteiger charge is -2.35. The lowest BCUT2D eigenvalue weighted by Crippen LogP contribution is -2.50. The second-order valence-electron chi connectivity index (χ2n) is 7.23. The van der Waals surface area contributed by atoms with Gasteiger partial charge in [-0.05, 0) is 33.2 Å². The SMILES string of the molecule is C[C@@H]1CNCCN1c1nccnc1OCCOc1ccccc1OCCN(C)C. The van der Waals surface area contributed by atoms with Crippen molar-refractivity contribution < 1.29 is 14.2 Å². The summed E-state index contributed by atoms with van der Waals surface area (Å²) < 4.78 is 17.6. The predicted octanol–water partition coefficient (Wildman–Crippen LogP) is 1.67. The first-order chi connectivity index (χ1) is 14.1. The molecule has 0 aliphatic carbocycles. The van der Waals surface area contributed by atoms with Crippen LogP contribution in [0.2, 0.25) is 0 Å². The highest BCUT2D eigenvalue weighted by Gasteiger charge is 2.23. The molecule has 8 nitrogen and oxygen atoms in total. The molecule has 0 spiro atoms. The highest BCUT2D eigenvalue weighted by atomic mass is 16.5. The van der Waals surface area contributed by atoms with Crippen LogP contribution < -0.4 is 24.4 Å². The van der Waals surface area contributed by atoms with Crippen LogP contribution >= 0.6 is 0 Å². The molecule has 1 N–H and O–H groups in total. The Kier molecular flexibility index (Phi) is 7.89. The molecule has 1 saturated heterocycles. The average Bonchev–Trinajstić information content (AvgIpc) is 2.73. The molecule has 29 heavy (non-hydrogen) atoms. The Balaban J connectivity index is 1.53. The van der Waals surface area contributed by atoms with E-state index in [1.165, 1.54) is 0 Å². The van der Waals surface area contributed by atoms with Crippen LogP contribution in [-0.2, 0) is 0 Å². The lowest BCUT2D eigenvalue weighted by molar-refractivity contribution is 0.199. The summed E-state index contributed by atoms with van der Waals surface area (Å²) >= 11 is 0. The zero-order valence-electron chi connectivity index (χ0n) is 17.5. The summed E-state index contributed by atoms with van der Waals surface area (Å²) in [6.07, 6.45) is 3.36. The molecule has 8 heteroatoms. The van der Waals surface area contributed by atoms with Gasteiger partial charge < -0.3 is 29.3 Å². The van der Waals surface area contributed by atoms with Gasteiger partial charge in [-0.15, -0.1) is 0 Å². The summed E-state index contributed by atoms with van der Waals surface area (Å²) in [5, 5.41) is 3.38. The van der Waals surface area contributed by atoms with Crippen LogP contribution in [0.1, 0.15) is 6.92 Å². The molecule has 1 aromatic carbocycles. The van der Waals surface area contributed by atoms with E-state index in [0.717, 1.165) is 37.7 Å². The Hall–Kier alpha value is -2.58. The van der Waals surface area contributed by atoms with Crippen LogP contribution in [0.4, 0.5) is 5.82 Å². The summed E-state index contributed by atoms with van der Waals surface area (Å²) in [7, 11) is 4.04. The number of nitrogens with one attached hydrogen (secondary N) is 1. The molecule has 1 aliphatic rings. The number of para-hydroxylation sites is 2. The minimum absolute atomic E-state index is 0.338. The maximum Gasteiger partial charge on any atom is 0.257 e. The third-order valence-corrected chi connectivity index (χ3v) is 4.64. The van der Waals surface area contributed by atoms with Crippen molar-refractivity contribution in [1.82, 2.24) is 20.2 Å². The van der Waals surface area contributed by atoms with E-state index in [9.17, 15) is 0 Å². The number of ether oxygens (including phenoxy) is 3. The van der Waals surface area contributed by atoms with E-state index in [2.05, 4.69) is 32.0 Å². The standard InChI is InChI=1S/C21H31N5O3/c1-17-16-22-10-11-26(17)20-21(24-9-8-23-20)29-15-14-28-19-7-5-4-6-18(19)27-13-12-25(2)3/h4-9,17,22H,10-16H2,1-3H3/t17-/m1/s1. The Bertz CT molecular complexity index is 759. The van der Waals surface area contributed by atoms with Crippen molar-refractivity contribution in [2.75, 3.05) is 65.0 Å². The van der Waals surface area contributed by atoms with Gasteiger partial charge in [-0.25, -0.2) is 9.97 Å². The summed E-state index contributed by atoms with van der Waals surface area (Å²) in [5.74, 6) is 2.78. The first-order valence-corrected chi connectivity index (χ1v) is 10.1. The van der Waals surface area contributed by atoms with Gasteiger partial charge >= 0.3 is 0 Å². The highest BCUT2D eigenvalue weighted by molar-refractivity contribution is 5.49. The highest BCUT2D eigenvalue weighted by Crippen LogP contribution is 2.27. The molecule has 2 aromatic rings. The minimum Gasteiger partial charge on any atom is -0.488 e. The number of aromatic nitrogens is 2. The molecule has 158 valence electrons. The van der Waals surface area contributed by atoms with Crippen molar-refractivity contribution in [3.63, 3.8) is 0 Å². The van der Waals surface area contributed by atoms with E-state index >= 15 is 0 Å². The molecule has 0 bridgehead atoms. The average molecular weight is 402 g/mol. The smallest absolute Gasteiger partial charge is 0.257 e. The van der Waals surface area contributed by atoms with Gasteiger partial charge in [-0.2, -0.15) is 0 Å². The number of hydrogen-bond acceptors (Lipinski definition) is 8. The van der Waals surface area contributed by atoms with Crippen LogP contribution in [0.5, 0.6) is 17.4 Å². The van der Waals surface area contributed by atoms with Gasteiger partial charge in [0.05, 0.1) is 0 Å². The lowest BCUT2D eigenvalue weighted by atomic mass is 10.2. The molecule has 0 saturated carbocycles. The van der Waals surface area contributed by atoms with Gasteiger partial charge in [-0.3, -0.25) is 0 Å².